The van der Waals surface area contributed by atoms with Crippen molar-refractivity contribution in [1.29, 1.82) is 0 Å². The molecule has 0 saturated heterocycles. The second kappa shape index (κ2) is 6.45. The molecule has 6 nitrogen and oxygen atoms in total. The van der Waals surface area contributed by atoms with Crippen LogP contribution in [0.2, 0.25) is 0 Å². The Morgan fingerprint density at radius 3 is 2.57 bits per heavy atom. The summed E-state index contributed by atoms with van der Waals surface area (Å²) in [6.45, 7) is 3.27. The van der Waals surface area contributed by atoms with Gasteiger partial charge in [-0.3, -0.25) is 10.1 Å². The van der Waals surface area contributed by atoms with Crippen LogP contribution in [0.25, 0.3) is 0 Å². The third-order valence-corrected chi connectivity index (χ3v) is 4.17. The largest absolute Gasteiger partial charge is 0.457 e. The monoisotopic (exact) mass is 297 g/mol. The molecular formula is C15H23NO5. The maximum absolute atomic E-state index is 11.6. The molecule has 0 aromatic rings. The van der Waals surface area contributed by atoms with Crippen LogP contribution in [0.1, 0.15) is 52.4 Å². The molecule has 6 heteroatoms. The molecule has 21 heavy (non-hydrogen) atoms. The number of allylic oxidation sites excluding steroid dienone is 1. The lowest BCUT2D eigenvalue weighted by Gasteiger charge is -2.33. The van der Waals surface area contributed by atoms with Crippen LogP contribution in [0.4, 0.5) is 0 Å². The predicted molar refractivity (Wildman–Crippen MR) is 75.9 cm³/mol. The summed E-state index contributed by atoms with van der Waals surface area (Å²) in [5.41, 5.74) is 0. The van der Waals surface area contributed by atoms with Crippen LogP contribution < -0.4 is 0 Å². The van der Waals surface area contributed by atoms with E-state index in [1.54, 1.807) is 13.8 Å². The molecule has 1 fully saturated rings. The number of cyclic esters (lactones) is 1. The minimum atomic E-state index is -0.993. The van der Waals surface area contributed by atoms with Crippen molar-refractivity contribution in [2.24, 2.45) is 11.8 Å². The van der Waals surface area contributed by atoms with Crippen LogP contribution in [-0.4, -0.2) is 23.2 Å². The quantitative estimate of drug-likeness (QED) is 0.443. The molecule has 0 N–H and O–H groups in total. The number of ether oxygens (including phenoxy) is 2. The zero-order valence-electron chi connectivity index (χ0n) is 12.7. The zero-order valence-corrected chi connectivity index (χ0v) is 12.7. The van der Waals surface area contributed by atoms with E-state index in [0.717, 1.165) is 25.7 Å². The van der Waals surface area contributed by atoms with E-state index in [0.29, 0.717) is 18.1 Å². The van der Waals surface area contributed by atoms with Crippen molar-refractivity contribution in [3.05, 3.63) is 21.9 Å². The van der Waals surface area contributed by atoms with Crippen LogP contribution in [0.5, 0.6) is 0 Å². The number of carbonyl (C=O) groups is 1. The lowest BCUT2D eigenvalue weighted by atomic mass is 9.78. The Labute approximate surface area is 124 Å². The number of nitrogens with zero attached hydrogens (tertiary/aromatic N) is 1. The number of esters is 1. The predicted octanol–water partition coefficient (Wildman–Crippen LogP) is 3.04. The van der Waals surface area contributed by atoms with Crippen LogP contribution in [0, 0.1) is 22.0 Å². The summed E-state index contributed by atoms with van der Waals surface area (Å²) in [6.07, 6.45) is 7.28. The highest BCUT2D eigenvalue weighted by Gasteiger charge is 2.34. The van der Waals surface area contributed by atoms with Gasteiger partial charge in [0.1, 0.15) is 5.76 Å². The number of carbonyl (C=O) groups excluding carboxylic acids is 1. The third kappa shape index (κ3) is 4.72. The Balaban J connectivity index is 2.07. The van der Waals surface area contributed by atoms with E-state index in [2.05, 4.69) is 0 Å². The zero-order chi connectivity index (χ0) is 15.5. The molecule has 1 aliphatic heterocycles. The highest BCUT2D eigenvalue weighted by atomic mass is 16.7. The first-order valence-corrected chi connectivity index (χ1v) is 7.60. The van der Waals surface area contributed by atoms with Crippen molar-refractivity contribution in [3.63, 3.8) is 0 Å². The summed E-state index contributed by atoms with van der Waals surface area (Å²) in [7, 11) is 0. The van der Waals surface area contributed by atoms with Gasteiger partial charge in [-0.25, -0.2) is 4.79 Å². The van der Waals surface area contributed by atoms with Gasteiger partial charge in [-0.2, -0.15) is 0 Å². The highest BCUT2D eigenvalue weighted by molar-refractivity contribution is 5.83. The van der Waals surface area contributed by atoms with Crippen molar-refractivity contribution < 1.29 is 19.2 Å². The lowest BCUT2D eigenvalue weighted by Crippen LogP contribution is -2.35. The first-order chi connectivity index (χ1) is 9.85. The van der Waals surface area contributed by atoms with Crippen LogP contribution in [-0.2, 0) is 14.3 Å². The van der Waals surface area contributed by atoms with Crippen LogP contribution in [0.3, 0.4) is 0 Å². The Morgan fingerprint density at radius 2 is 2.00 bits per heavy atom. The molecular weight excluding hydrogens is 274 g/mol. The molecule has 2 rings (SSSR count). The van der Waals surface area contributed by atoms with E-state index in [9.17, 15) is 14.9 Å². The second-order valence-electron chi connectivity index (χ2n) is 6.41. The van der Waals surface area contributed by atoms with E-state index in [1.165, 1.54) is 12.5 Å². The van der Waals surface area contributed by atoms with Gasteiger partial charge in [0.15, 0.2) is 0 Å². The van der Waals surface area contributed by atoms with Crippen molar-refractivity contribution in [2.75, 3.05) is 6.54 Å². The number of nitro groups is 1. The maximum Gasteiger partial charge on any atom is 0.337 e. The van der Waals surface area contributed by atoms with Crippen molar-refractivity contribution in [3.8, 4) is 0 Å². The van der Waals surface area contributed by atoms with Crippen LogP contribution in [0.15, 0.2) is 11.8 Å². The Kier molecular flexibility index (Phi) is 4.85. The van der Waals surface area contributed by atoms with Gasteiger partial charge in [0.25, 0.3) is 0 Å². The molecule has 1 atom stereocenters. The molecule has 118 valence electrons. The summed E-state index contributed by atoms with van der Waals surface area (Å²) >= 11 is 0. The first kappa shape index (κ1) is 15.8. The molecule has 0 bridgehead atoms. The summed E-state index contributed by atoms with van der Waals surface area (Å²) in [6, 6.07) is 0. The number of hydrogen-bond donors (Lipinski definition) is 0. The van der Waals surface area contributed by atoms with E-state index in [1.807, 2.05) is 0 Å². The number of rotatable bonds is 5. The molecule has 0 aromatic carbocycles. The van der Waals surface area contributed by atoms with Gasteiger partial charge >= 0.3 is 5.97 Å². The van der Waals surface area contributed by atoms with Gasteiger partial charge in [0.2, 0.25) is 12.3 Å². The first-order valence-electron chi connectivity index (χ1n) is 7.60. The van der Waals surface area contributed by atoms with Gasteiger partial charge in [0.05, 0.1) is 6.08 Å². The Morgan fingerprint density at radius 1 is 1.33 bits per heavy atom. The van der Waals surface area contributed by atoms with Crippen molar-refractivity contribution in [2.45, 2.75) is 58.2 Å². The number of hydrogen-bond acceptors (Lipinski definition) is 5. The average Bonchev–Trinajstić information content (AvgIpc) is 2.36. The fourth-order valence-electron chi connectivity index (χ4n) is 3.31. The normalized spacial score (nSPS) is 23.7. The Bertz CT molecular complexity index is 437. The van der Waals surface area contributed by atoms with E-state index in [-0.39, 0.29) is 17.4 Å². The lowest BCUT2D eigenvalue weighted by molar-refractivity contribution is -0.490. The molecule has 1 unspecified atom stereocenters. The smallest absolute Gasteiger partial charge is 0.337 e. The fourth-order valence-corrected chi connectivity index (χ4v) is 3.31. The summed E-state index contributed by atoms with van der Waals surface area (Å²) in [4.78, 5) is 22.2. The van der Waals surface area contributed by atoms with Crippen molar-refractivity contribution >= 4 is 5.97 Å². The minimum Gasteiger partial charge on any atom is -0.457 e. The molecule has 2 aliphatic rings. The second-order valence-corrected chi connectivity index (χ2v) is 6.41. The summed E-state index contributed by atoms with van der Waals surface area (Å²) < 4.78 is 10.7. The third-order valence-electron chi connectivity index (χ3n) is 4.17. The molecule has 0 aromatic heterocycles. The SMILES string of the molecule is CC1(C)OC(=O)C=C(CC(C[N+](=O)[O-])C2CCCCC2)O1. The summed E-state index contributed by atoms with van der Waals surface area (Å²) in [5, 5.41) is 10.9. The molecule has 0 spiro atoms. The van der Waals surface area contributed by atoms with Crippen LogP contribution >= 0.6 is 0 Å². The minimum absolute atomic E-state index is 0.0686. The van der Waals surface area contributed by atoms with E-state index >= 15 is 0 Å². The molecule has 1 saturated carbocycles. The van der Waals surface area contributed by atoms with Gasteiger partial charge in [-0.1, -0.05) is 19.3 Å². The topological polar surface area (TPSA) is 78.7 Å². The van der Waals surface area contributed by atoms with Gasteiger partial charge < -0.3 is 9.47 Å². The van der Waals surface area contributed by atoms with Gasteiger partial charge in [-0.15, -0.1) is 0 Å². The van der Waals surface area contributed by atoms with E-state index in [4.69, 9.17) is 9.47 Å². The molecule has 0 amide bonds. The van der Waals surface area contributed by atoms with Gasteiger partial charge in [-0.05, 0) is 18.8 Å². The molecule has 0 radical (unpaired) electrons. The molecule has 1 heterocycles. The maximum atomic E-state index is 11.6. The van der Waals surface area contributed by atoms with Gasteiger partial charge in [0, 0.05) is 31.1 Å². The summed E-state index contributed by atoms with van der Waals surface area (Å²) in [5.74, 6) is -0.659. The van der Waals surface area contributed by atoms with E-state index < -0.39 is 11.8 Å². The highest BCUT2D eigenvalue weighted by Crippen LogP contribution is 2.35. The fraction of sp³-hybridized carbons (Fsp3) is 0.800. The van der Waals surface area contributed by atoms with Crippen molar-refractivity contribution in [1.82, 2.24) is 0 Å². The standard InChI is InChI=1S/C15H23NO5/c1-15(2)20-13(9-14(17)21-15)8-12(10-16(18)19)11-6-4-3-5-7-11/h9,11-12H,3-8,10H2,1-2H3. The Hall–Kier alpha value is -1.59. The molecule has 1 aliphatic carbocycles. The average molecular weight is 297 g/mol.